The first kappa shape index (κ1) is 15.8. The van der Waals surface area contributed by atoms with Crippen molar-refractivity contribution in [1.29, 1.82) is 0 Å². The van der Waals surface area contributed by atoms with Crippen LogP contribution in [0.5, 0.6) is 5.75 Å². The predicted octanol–water partition coefficient (Wildman–Crippen LogP) is 3.22. The molecule has 2 aromatic rings. The molecule has 0 spiro atoms. The van der Waals surface area contributed by atoms with Crippen LogP contribution in [0.3, 0.4) is 0 Å². The largest absolute Gasteiger partial charge is 0.573 e. The lowest BCUT2D eigenvalue weighted by molar-refractivity contribution is -0.274. The molecule has 1 aromatic heterocycles. The normalized spacial score (nSPS) is 12.4. The average molecular weight is 337 g/mol. The lowest BCUT2D eigenvalue weighted by Gasteiger charge is -2.12. The summed E-state index contributed by atoms with van der Waals surface area (Å²) in [5.74, 6) is -0.375. The van der Waals surface area contributed by atoms with Crippen LogP contribution in [-0.2, 0) is 10.0 Å². The van der Waals surface area contributed by atoms with Crippen molar-refractivity contribution >= 4 is 21.4 Å². The van der Waals surface area contributed by atoms with Gasteiger partial charge in [-0.15, -0.1) is 24.5 Å². The van der Waals surface area contributed by atoms with Gasteiger partial charge in [-0.2, -0.15) is 0 Å². The van der Waals surface area contributed by atoms with Gasteiger partial charge >= 0.3 is 6.36 Å². The summed E-state index contributed by atoms with van der Waals surface area (Å²) in [6, 6.07) is 8.33. The highest BCUT2D eigenvalue weighted by molar-refractivity contribution is 7.91. The molecule has 0 fully saturated rings. The Morgan fingerprint density at radius 3 is 2.43 bits per heavy atom. The van der Waals surface area contributed by atoms with Crippen LogP contribution in [0.1, 0.15) is 0 Å². The summed E-state index contributed by atoms with van der Waals surface area (Å²) in [6.45, 7) is 0. The number of sulfonamides is 1. The second kappa shape index (κ2) is 5.66. The Balaban J connectivity index is 2.44. The van der Waals surface area contributed by atoms with Gasteiger partial charge in [-0.05, 0) is 31.3 Å². The van der Waals surface area contributed by atoms with E-state index in [9.17, 15) is 21.6 Å². The molecule has 0 aliphatic carbocycles. The zero-order valence-electron chi connectivity index (χ0n) is 10.6. The smallest absolute Gasteiger partial charge is 0.405 e. The molecule has 0 radical (unpaired) electrons. The number of thiophene rings is 1. The van der Waals surface area contributed by atoms with E-state index in [2.05, 4.69) is 9.46 Å². The van der Waals surface area contributed by atoms with E-state index in [1.165, 1.54) is 37.4 Å². The molecular weight excluding hydrogens is 327 g/mol. The summed E-state index contributed by atoms with van der Waals surface area (Å²) in [5, 5.41) is 0. The van der Waals surface area contributed by atoms with Crippen LogP contribution in [0.2, 0.25) is 0 Å². The van der Waals surface area contributed by atoms with E-state index in [-0.39, 0.29) is 15.5 Å². The number of ether oxygens (including phenoxy) is 1. The fourth-order valence-electron chi connectivity index (χ4n) is 1.59. The molecule has 0 saturated heterocycles. The highest BCUT2D eigenvalue weighted by Gasteiger charge is 2.32. The van der Waals surface area contributed by atoms with Gasteiger partial charge in [0.1, 0.15) is 9.96 Å². The highest BCUT2D eigenvalue weighted by atomic mass is 32.2. The third-order valence-corrected chi connectivity index (χ3v) is 5.52. The van der Waals surface area contributed by atoms with E-state index < -0.39 is 16.4 Å². The molecule has 0 saturated carbocycles. The van der Waals surface area contributed by atoms with Gasteiger partial charge in [0.05, 0.1) is 0 Å². The van der Waals surface area contributed by atoms with Gasteiger partial charge in [0.25, 0.3) is 0 Å². The van der Waals surface area contributed by atoms with Crippen LogP contribution >= 0.6 is 11.3 Å². The minimum Gasteiger partial charge on any atom is -0.405 e. The van der Waals surface area contributed by atoms with E-state index in [1.54, 1.807) is 6.07 Å². The minimum absolute atomic E-state index is 0.0156. The first-order valence-corrected chi connectivity index (χ1v) is 7.91. The molecule has 1 aromatic carbocycles. The molecule has 1 N–H and O–H groups in total. The number of halogens is 3. The number of para-hydroxylation sites is 1. The fraction of sp³-hybridized carbons (Fsp3) is 0.167. The monoisotopic (exact) mass is 337 g/mol. The summed E-state index contributed by atoms with van der Waals surface area (Å²) in [4.78, 5) is 0.365. The predicted molar refractivity (Wildman–Crippen MR) is 72.7 cm³/mol. The van der Waals surface area contributed by atoms with Crippen molar-refractivity contribution in [1.82, 2.24) is 4.72 Å². The van der Waals surface area contributed by atoms with Crippen LogP contribution in [0, 0.1) is 0 Å². The summed E-state index contributed by atoms with van der Waals surface area (Å²) in [6.07, 6.45) is -4.81. The van der Waals surface area contributed by atoms with Crippen LogP contribution in [0.15, 0.2) is 40.6 Å². The molecule has 0 atom stereocenters. The van der Waals surface area contributed by atoms with Crippen LogP contribution < -0.4 is 9.46 Å². The average Bonchev–Trinajstić information content (AvgIpc) is 2.87. The van der Waals surface area contributed by atoms with Crippen molar-refractivity contribution in [2.75, 3.05) is 7.05 Å². The van der Waals surface area contributed by atoms with E-state index in [0.717, 1.165) is 11.3 Å². The van der Waals surface area contributed by atoms with Gasteiger partial charge in [-0.3, -0.25) is 0 Å². The Bertz CT molecular complexity index is 738. The van der Waals surface area contributed by atoms with Crippen molar-refractivity contribution in [3.63, 3.8) is 0 Å². The van der Waals surface area contributed by atoms with E-state index in [1.807, 2.05) is 0 Å². The lowest BCUT2D eigenvalue weighted by atomic mass is 10.1. The van der Waals surface area contributed by atoms with Crippen LogP contribution in [-0.4, -0.2) is 21.8 Å². The van der Waals surface area contributed by atoms with E-state index >= 15 is 0 Å². The molecule has 0 unspecified atom stereocenters. The van der Waals surface area contributed by atoms with E-state index in [0.29, 0.717) is 4.88 Å². The molecule has 114 valence electrons. The maximum absolute atomic E-state index is 12.4. The fourth-order valence-corrected chi connectivity index (χ4v) is 3.77. The highest BCUT2D eigenvalue weighted by Crippen LogP contribution is 2.38. The summed E-state index contributed by atoms with van der Waals surface area (Å²) in [5.41, 5.74) is 0.178. The second-order valence-electron chi connectivity index (χ2n) is 3.87. The number of alkyl halides is 3. The third-order valence-electron chi connectivity index (χ3n) is 2.49. The maximum Gasteiger partial charge on any atom is 0.573 e. The molecule has 4 nitrogen and oxygen atoms in total. The van der Waals surface area contributed by atoms with Gasteiger partial charge in [0.15, 0.2) is 0 Å². The van der Waals surface area contributed by atoms with Gasteiger partial charge in [-0.1, -0.05) is 12.1 Å². The van der Waals surface area contributed by atoms with Gasteiger partial charge in [-0.25, -0.2) is 13.1 Å². The third kappa shape index (κ3) is 3.74. The molecule has 1 heterocycles. The molecular formula is C12H10F3NO3S2. The van der Waals surface area contributed by atoms with Crippen LogP contribution in [0.4, 0.5) is 13.2 Å². The number of hydrogen-bond acceptors (Lipinski definition) is 4. The Morgan fingerprint density at radius 1 is 1.14 bits per heavy atom. The minimum atomic E-state index is -4.81. The Morgan fingerprint density at radius 2 is 1.81 bits per heavy atom. The standard InChI is InChI=1S/C12H10F3NO3S2/c1-16-21(17,18)11-7-6-10(20-11)8-4-2-3-5-9(8)19-12(13,14)15/h2-7,16H,1H3. The zero-order chi connectivity index (χ0) is 15.7. The zero-order valence-corrected chi connectivity index (χ0v) is 12.3. The summed E-state index contributed by atoms with van der Waals surface area (Å²) >= 11 is 0.860. The van der Waals surface area contributed by atoms with Crippen molar-refractivity contribution in [2.24, 2.45) is 0 Å². The summed E-state index contributed by atoms with van der Waals surface area (Å²) < 4.78 is 66.5. The number of hydrogen-bond donors (Lipinski definition) is 1. The van der Waals surface area contributed by atoms with Crippen molar-refractivity contribution < 1.29 is 26.3 Å². The Labute approximate surface area is 123 Å². The Kier molecular flexibility index (Phi) is 4.26. The number of nitrogens with one attached hydrogen (secondary N) is 1. The lowest BCUT2D eigenvalue weighted by Crippen LogP contribution is -2.17. The Hall–Kier alpha value is -1.58. The van der Waals surface area contributed by atoms with Gasteiger partial charge < -0.3 is 4.74 Å². The number of benzene rings is 1. The molecule has 0 aliphatic heterocycles. The molecule has 2 rings (SSSR count). The van der Waals surface area contributed by atoms with Crippen molar-refractivity contribution in [2.45, 2.75) is 10.6 Å². The molecule has 0 aliphatic rings. The van der Waals surface area contributed by atoms with Crippen molar-refractivity contribution in [3.05, 3.63) is 36.4 Å². The second-order valence-corrected chi connectivity index (χ2v) is 7.07. The molecule has 0 amide bonds. The topological polar surface area (TPSA) is 55.4 Å². The SMILES string of the molecule is CNS(=O)(=O)c1ccc(-c2ccccc2OC(F)(F)F)s1. The van der Waals surface area contributed by atoms with Crippen molar-refractivity contribution in [3.8, 4) is 16.2 Å². The van der Waals surface area contributed by atoms with Gasteiger partial charge in [0, 0.05) is 10.4 Å². The van der Waals surface area contributed by atoms with E-state index in [4.69, 9.17) is 0 Å². The van der Waals surface area contributed by atoms with Gasteiger partial charge in [0.2, 0.25) is 10.0 Å². The first-order valence-electron chi connectivity index (χ1n) is 5.61. The first-order chi connectivity index (χ1) is 9.73. The molecule has 9 heteroatoms. The summed E-state index contributed by atoms with van der Waals surface area (Å²) in [7, 11) is -2.37. The maximum atomic E-state index is 12.4. The molecule has 21 heavy (non-hydrogen) atoms. The quantitative estimate of drug-likeness (QED) is 0.932. The number of rotatable bonds is 4. The van der Waals surface area contributed by atoms with Crippen LogP contribution in [0.25, 0.3) is 10.4 Å². The molecule has 0 bridgehead atoms.